The fraction of sp³-hybridized carbons (Fsp3) is 0.176. The lowest BCUT2D eigenvalue weighted by Crippen LogP contribution is -2.14. The van der Waals surface area contributed by atoms with E-state index in [1.54, 1.807) is 18.2 Å². The molecule has 22 heavy (non-hydrogen) atoms. The van der Waals surface area contributed by atoms with Crippen molar-refractivity contribution in [1.82, 2.24) is 0 Å². The van der Waals surface area contributed by atoms with Crippen molar-refractivity contribution < 1.29 is 18.8 Å². The first-order valence-electron chi connectivity index (χ1n) is 6.64. The van der Waals surface area contributed by atoms with E-state index < -0.39 is 5.97 Å². The third kappa shape index (κ3) is 3.14. The molecule has 0 N–H and O–H groups in total. The summed E-state index contributed by atoms with van der Waals surface area (Å²) in [5.41, 5.74) is 2.81. The van der Waals surface area contributed by atoms with Gasteiger partial charge < -0.3 is 9.57 Å². The minimum absolute atomic E-state index is 0.349. The summed E-state index contributed by atoms with van der Waals surface area (Å²) in [4.78, 5) is 17.0. The maximum atomic E-state index is 13.1. The van der Waals surface area contributed by atoms with Crippen molar-refractivity contribution in [1.29, 1.82) is 0 Å². The molecular formula is C17H16FNO3. The second-order valence-electron chi connectivity index (χ2n) is 4.62. The van der Waals surface area contributed by atoms with Gasteiger partial charge in [-0.05, 0) is 36.8 Å². The number of hydrogen-bond acceptors (Lipinski definition) is 4. The van der Waals surface area contributed by atoms with Crippen molar-refractivity contribution in [3.05, 3.63) is 70.5 Å². The number of nitrogens with zero attached hydrogens (tertiary/aromatic N) is 1. The van der Waals surface area contributed by atoms with E-state index >= 15 is 0 Å². The second-order valence-corrected chi connectivity index (χ2v) is 4.62. The van der Waals surface area contributed by atoms with Gasteiger partial charge in [-0.15, -0.1) is 0 Å². The Balaban J connectivity index is 2.64. The van der Waals surface area contributed by atoms with Crippen LogP contribution in [0.15, 0.2) is 47.6 Å². The molecule has 0 saturated heterocycles. The van der Waals surface area contributed by atoms with Gasteiger partial charge in [-0.2, -0.15) is 0 Å². The van der Waals surface area contributed by atoms with Crippen molar-refractivity contribution in [2.75, 3.05) is 14.2 Å². The first-order chi connectivity index (χ1) is 10.6. The summed E-state index contributed by atoms with van der Waals surface area (Å²) >= 11 is 0. The Hall–Kier alpha value is -2.69. The van der Waals surface area contributed by atoms with Crippen LogP contribution >= 0.6 is 0 Å². The van der Waals surface area contributed by atoms with Crippen LogP contribution in [0.25, 0.3) is 0 Å². The maximum Gasteiger partial charge on any atom is 0.338 e. The molecule has 2 rings (SSSR count). The van der Waals surface area contributed by atoms with Crippen LogP contribution in [0.5, 0.6) is 0 Å². The topological polar surface area (TPSA) is 47.9 Å². The molecule has 0 aliphatic rings. The molecule has 0 heterocycles. The van der Waals surface area contributed by atoms with Gasteiger partial charge in [-0.25, -0.2) is 9.18 Å². The summed E-state index contributed by atoms with van der Waals surface area (Å²) in [6, 6.07) is 11.2. The van der Waals surface area contributed by atoms with Crippen molar-refractivity contribution in [2.24, 2.45) is 5.16 Å². The quantitative estimate of drug-likeness (QED) is 0.494. The van der Waals surface area contributed by atoms with Crippen LogP contribution in [0.2, 0.25) is 0 Å². The number of benzene rings is 2. The molecule has 2 aromatic carbocycles. The Kier molecular flexibility index (Phi) is 4.88. The number of methoxy groups -OCH3 is 1. The molecule has 4 nitrogen and oxygen atoms in total. The van der Waals surface area contributed by atoms with Crippen molar-refractivity contribution in [3.63, 3.8) is 0 Å². The highest BCUT2D eigenvalue weighted by Gasteiger charge is 2.20. The lowest BCUT2D eigenvalue weighted by atomic mass is 9.94. The third-order valence-corrected chi connectivity index (χ3v) is 3.22. The van der Waals surface area contributed by atoms with E-state index in [9.17, 15) is 9.18 Å². The standard InChI is InChI=1S/C17H16FNO3/c1-11-5-4-6-14(15(11)17(20)21-2)16(19-22-3)12-7-9-13(18)10-8-12/h4-10H,1-3H3/b19-16+. The average Bonchev–Trinajstić information content (AvgIpc) is 2.53. The Morgan fingerprint density at radius 1 is 1.09 bits per heavy atom. The number of oxime groups is 1. The zero-order valence-corrected chi connectivity index (χ0v) is 12.6. The number of esters is 1. The first kappa shape index (κ1) is 15.7. The smallest absolute Gasteiger partial charge is 0.338 e. The van der Waals surface area contributed by atoms with Gasteiger partial charge in [0.1, 0.15) is 18.6 Å². The predicted molar refractivity (Wildman–Crippen MR) is 81.6 cm³/mol. The number of aryl methyl sites for hydroxylation is 1. The van der Waals surface area contributed by atoms with Gasteiger partial charge in [-0.1, -0.05) is 23.4 Å². The molecule has 0 amide bonds. The van der Waals surface area contributed by atoms with Gasteiger partial charge in [0.05, 0.1) is 12.7 Å². The predicted octanol–water partition coefficient (Wildman–Crippen LogP) is 3.32. The van der Waals surface area contributed by atoms with Gasteiger partial charge in [0.2, 0.25) is 0 Å². The minimum Gasteiger partial charge on any atom is -0.465 e. The molecule has 0 spiro atoms. The van der Waals surface area contributed by atoms with Crippen LogP contribution in [-0.4, -0.2) is 25.9 Å². The van der Waals surface area contributed by atoms with Gasteiger partial charge in [0.15, 0.2) is 0 Å². The Morgan fingerprint density at radius 2 is 1.77 bits per heavy atom. The van der Waals surface area contributed by atoms with E-state index in [2.05, 4.69) is 5.16 Å². The molecule has 0 atom stereocenters. The first-order valence-corrected chi connectivity index (χ1v) is 6.64. The molecule has 0 radical (unpaired) electrons. The molecule has 0 saturated carbocycles. The number of hydrogen-bond donors (Lipinski definition) is 0. The summed E-state index contributed by atoms with van der Waals surface area (Å²) in [5, 5.41) is 4.00. The molecule has 0 aromatic heterocycles. The molecule has 0 aliphatic heterocycles. The zero-order valence-electron chi connectivity index (χ0n) is 12.6. The average molecular weight is 301 g/mol. The van der Waals surface area contributed by atoms with Gasteiger partial charge >= 0.3 is 5.97 Å². The molecule has 0 bridgehead atoms. The number of carbonyl (C=O) groups is 1. The molecule has 0 aliphatic carbocycles. The molecule has 0 unspecified atom stereocenters. The third-order valence-electron chi connectivity index (χ3n) is 3.22. The fourth-order valence-corrected chi connectivity index (χ4v) is 2.19. The summed E-state index contributed by atoms with van der Waals surface area (Å²) < 4.78 is 18.0. The van der Waals surface area contributed by atoms with E-state index in [0.717, 1.165) is 5.56 Å². The normalized spacial score (nSPS) is 11.2. The van der Waals surface area contributed by atoms with Crippen LogP contribution in [-0.2, 0) is 9.57 Å². The highest BCUT2D eigenvalue weighted by atomic mass is 19.1. The van der Waals surface area contributed by atoms with Crippen molar-refractivity contribution in [2.45, 2.75) is 6.92 Å². The molecular weight excluding hydrogens is 285 g/mol. The Morgan fingerprint density at radius 3 is 2.36 bits per heavy atom. The van der Waals surface area contributed by atoms with E-state index in [0.29, 0.717) is 22.4 Å². The monoisotopic (exact) mass is 301 g/mol. The van der Waals surface area contributed by atoms with E-state index in [1.165, 1.54) is 26.4 Å². The van der Waals surface area contributed by atoms with Crippen LogP contribution in [0, 0.1) is 12.7 Å². The highest BCUT2D eigenvalue weighted by Crippen LogP contribution is 2.20. The van der Waals surface area contributed by atoms with Crippen LogP contribution in [0.4, 0.5) is 4.39 Å². The van der Waals surface area contributed by atoms with Crippen molar-refractivity contribution >= 4 is 11.7 Å². The highest BCUT2D eigenvalue weighted by molar-refractivity contribution is 6.17. The Bertz CT molecular complexity index is 708. The molecule has 114 valence electrons. The summed E-state index contributed by atoms with van der Waals surface area (Å²) in [5.74, 6) is -0.808. The summed E-state index contributed by atoms with van der Waals surface area (Å²) in [7, 11) is 2.74. The minimum atomic E-state index is -0.459. The zero-order chi connectivity index (χ0) is 16.1. The lowest BCUT2D eigenvalue weighted by Gasteiger charge is -2.13. The summed E-state index contributed by atoms with van der Waals surface area (Å²) in [6.45, 7) is 1.81. The molecule has 5 heteroatoms. The lowest BCUT2D eigenvalue weighted by molar-refractivity contribution is 0.0599. The number of rotatable bonds is 4. The second kappa shape index (κ2) is 6.85. The number of halogens is 1. The number of ether oxygens (including phenoxy) is 1. The fourth-order valence-electron chi connectivity index (χ4n) is 2.19. The van der Waals surface area contributed by atoms with Crippen LogP contribution < -0.4 is 0 Å². The SMILES string of the molecule is CO/N=C(\c1ccc(F)cc1)c1cccc(C)c1C(=O)OC. The molecule has 0 fully saturated rings. The maximum absolute atomic E-state index is 13.1. The van der Waals surface area contributed by atoms with Gasteiger partial charge in [-0.3, -0.25) is 0 Å². The summed E-state index contributed by atoms with van der Waals surface area (Å²) in [6.07, 6.45) is 0. The van der Waals surface area contributed by atoms with E-state index in [1.807, 2.05) is 19.1 Å². The van der Waals surface area contributed by atoms with Crippen molar-refractivity contribution in [3.8, 4) is 0 Å². The van der Waals surface area contributed by atoms with E-state index in [-0.39, 0.29) is 5.82 Å². The Labute approximate surface area is 128 Å². The van der Waals surface area contributed by atoms with Gasteiger partial charge in [0, 0.05) is 11.1 Å². The van der Waals surface area contributed by atoms with E-state index in [4.69, 9.17) is 9.57 Å². The number of carbonyl (C=O) groups excluding carboxylic acids is 1. The van der Waals surface area contributed by atoms with Crippen LogP contribution in [0.3, 0.4) is 0 Å². The van der Waals surface area contributed by atoms with Gasteiger partial charge in [0.25, 0.3) is 0 Å². The largest absolute Gasteiger partial charge is 0.465 e. The molecule has 2 aromatic rings. The van der Waals surface area contributed by atoms with Crippen LogP contribution in [0.1, 0.15) is 27.0 Å².